The maximum atomic E-state index is 12.1. The molecule has 1 unspecified atom stereocenters. The van der Waals surface area contributed by atoms with E-state index in [-0.39, 0.29) is 17.7 Å². The monoisotopic (exact) mass is 304 g/mol. The number of hydrogen-bond donors (Lipinski definition) is 3. The molecule has 1 amide bonds. The molecular formula is C16H20N2O2S. The van der Waals surface area contributed by atoms with E-state index in [1.165, 1.54) is 4.88 Å². The smallest absolute Gasteiger partial charge is 0.237 e. The second-order valence-electron chi connectivity index (χ2n) is 5.17. The van der Waals surface area contributed by atoms with E-state index in [0.717, 1.165) is 12.0 Å². The van der Waals surface area contributed by atoms with Crippen LogP contribution in [0.1, 0.15) is 17.4 Å². The Morgan fingerprint density at radius 2 is 2.00 bits per heavy atom. The molecule has 2 atom stereocenters. The Labute approximate surface area is 128 Å². The molecule has 0 saturated heterocycles. The first-order valence-corrected chi connectivity index (χ1v) is 7.79. The number of rotatable bonds is 6. The molecule has 4 nitrogen and oxygen atoms in total. The van der Waals surface area contributed by atoms with Crippen molar-refractivity contribution in [2.45, 2.75) is 31.8 Å². The Morgan fingerprint density at radius 1 is 1.29 bits per heavy atom. The van der Waals surface area contributed by atoms with Gasteiger partial charge in [-0.3, -0.25) is 4.79 Å². The zero-order chi connectivity index (χ0) is 15.2. The molecule has 0 bridgehead atoms. The summed E-state index contributed by atoms with van der Waals surface area (Å²) in [6, 6.07) is 10.3. The van der Waals surface area contributed by atoms with Gasteiger partial charge in [0.15, 0.2) is 0 Å². The van der Waals surface area contributed by atoms with Gasteiger partial charge < -0.3 is 16.2 Å². The summed E-state index contributed by atoms with van der Waals surface area (Å²) in [5.41, 5.74) is 6.87. The van der Waals surface area contributed by atoms with Crippen LogP contribution < -0.4 is 11.1 Å². The quantitative estimate of drug-likeness (QED) is 0.765. The Kier molecular flexibility index (Phi) is 5.36. The summed E-state index contributed by atoms with van der Waals surface area (Å²) in [5.74, 6) is 0.0634. The summed E-state index contributed by atoms with van der Waals surface area (Å²) in [6.07, 6.45) is 1.27. The van der Waals surface area contributed by atoms with Crippen LogP contribution >= 0.6 is 11.3 Å². The predicted molar refractivity (Wildman–Crippen MR) is 85.4 cm³/mol. The van der Waals surface area contributed by atoms with Crippen LogP contribution in [0, 0.1) is 0 Å². The number of benzene rings is 1. The lowest BCUT2D eigenvalue weighted by atomic mass is 10.1. The van der Waals surface area contributed by atoms with Crippen molar-refractivity contribution in [3.63, 3.8) is 0 Å². The molecule has 0 spiro atoms. The van der Waals surface area contributed by atoms with Gasteiger partial charge in [0.1, 0.15) is 5.75 Å². The summed E-state index contributed by atoms with van der Waals surface area (Å²) in [7, 11) is 0. The molecule has 112 valence electrons. The summed E-state index contributed by atoms with van der Waals surface area (Å²) in [4.78, 5) is 13.3. The van der Waals surface area contributed by atoms with Crippen LogP contribution in [0.3, 0.4) is 0 Å². The number of carbonyl (C=O) groups is 1. The van der Waals surface area contributed by atoms with Gasteiger partial charge in [-0.25, -0.2) is 0 Å². The highest BCUT2D eigenvalue weighted by Crippen LogP contribution is 2.12. The molecular weight excluding hydrogens is 284 g/mol. The van der Waals surface area contributed by atoms with Gasteiger partial charge in [0.25, 0.3) is 0 Å². The largest absolute Gasteiger partial charge is 0.508 e. The molecule has 0 radical (unpaired) electrons. The van der Waals surface area contributed by atoms with Crippen LogP contribution in [0.25, 0.3) is 0 Å². The van der Waals surface area contributed by atoms with Crippen LogP contribution in [0.2, 0.25) is 0 Å². The number of phenols is 1. The average molecular weight is 304 g/mol. The molecule has 0 saturated carbocycles. The molecule has 0 aliphatic heterocycles. The Balaban J connectivity index is 1.83. The van der Waals surface area contributed by atoms with Crippen LogP contribution in [-0.4, -0.2) is 23.1 Å². The van der Waals surface area contributed by atoms with Gasteiger partial charge in [-0.1, -0.05) is 18.2 Å². The minimum Gasteiger partial charge on any atom is -0.508 e. The number of phenolic OH excluding ortho intramolecular Hbond substituents is 1. The number of carbonyl (C=O) groups excluding carboxylic acids is 1. The van der Waals surface area contributed by atoms with E-state index in [1.54, 1.807) is 35.6 Å². The molecule has 5 heteroatoms. The Bertz CT molecular complexity index is 566. The molecule has 0 fully saturated rings. The maximum Gasteiger partial charge on any atom is 0.237 e. The fraction of sp³-hybridized carbons (Fsp3) is 0.312. The molecule has 0 aliphatic carbocycles. The molecule has 2 rings (SSSR count). The minimum absolute atomic E-state index is 0.0574. The lowest BCUT2D eigenvalue weighted by Gasteiger charge is -2.17. The topological polar surface area (TPSA) is 75.4 Å². The minimum atomic E-state index is -0.583. The summed E-state index contributed by atoms with van der Waals surface area (Å²) >= 11 is 1.68. The van der Waals surface area contributed by atoms with Gasteiger partial charge in [0.2, 0.25) is 5.91 Å². The van der Waals surface area contributed by atoms with E-state index in [4.69, 9.17) is 5.73 Å². The van der Waals surface area contributed by atoms with Crippen molar-refractivity contribution in [2.24, 2.45) is 5.73 Å². The summed E-state index contributed by atoms with van der Waals surface area (Å²) < 4.78 is 0. The van der Waals surface area contributed by atoms with Crippen LogP contribution in [0.5, 0.6) is 5.75 Å². The molecule has 1 heterocycles. The van der Waals surface area contributed by atoms with E-state index in [1.807, 2.05) is 18.4 Å². The van der Waals surface area contributed by atoms with E-state index in [9.17, 15) is 9.90 Å². The highest BCUT2D eigenvalue weighted by Gasteiger charge is 2.16. The van der Waals surface area contributed by atoms with Crippen LogP contribution in [0.15, 0.2) is 41.8 Å². The number of nitrogens with one attached hydrogen (secondary N) is 1. The van der Waals surface area contributed by atoms with Crippen molar-refractivity contribution in [2.75, 3.05) is 0 Å². The van der Waals surface area contributed by atoms with Crippen molar-refractivity contribution in [3.05, 3.63) is 52.2 Å². The van der Waals surface area contributed by atoms with Gasteiger partial charge in [0.05, 0.1) is 6.04 Å². The number of thiophene rings is 1. The predicted octanol–water partition coefficient (Wildman–Crippen LogP) is 2.07. The van der Waals surface area contributed by atoms with Gasteiger partial charge >= 0.3 is 0 Å². The number of hydrogen-bond acceptors (Lipinski definition) is 4. The van der Waals surface area contributed by atoms with Crippen LogP contribution in [-0.2, 0) is 17.6 Å². The third kappa shape index (κ3) is 4.88. The first kappa shape index (κ1) is 15.5. The van der Waals surface area contributed by atoms with Gasteiger partial charge in [-0.2, -0.15) is 0 Å². The van der Waals surface area contributed by atoms with Crippen molar-refractivity contribution < 1.29 is 9.90 Å². The van der Waals surface area contributed by atoms with Gasteiger partial charge in [-0.15, -0.1) is 11.3 Å². The SMILES string of the molecule is CC(Cc1cccs1)NC(=O)[C@@H](N)Cc1ccc(O)cc1. The van der Waals surface area contributed by atoms with Crippen molar-refractivity contribution in [3.8, 4) is 5.75 Å². The van der Waals surface area contributed by atoms with Gasteiger partial charge in [0, 0.05) is 17.3 Å². The fourth-order valence-corrected chi connectivity index (χ4v) is 2.95. The zero-order valence-electron chi connectivity index (χ0n) is 12.0. The lowest BCUT2D eigenvalue weighted by molar-refractivity contribution is -0.122. The standard InChI is InChI=1S/C16H20N2O2S/c1-11(9-14-3-2-8-21-14)18-16(20)15(17)10-12-4-6-13(19)7-5-12/h2-8,11,15,19H,9-10,17H2,1H3,(H,18,20)/t11?,15-/m0/s1. The van der Waals surface area contributed by atoms with Crippen molar-refractivity contribution in [1.82, 2.24) is 5.32 Å². The molecule has 1 aromatic heterocycles. The molecule has 2 aromatic rings. The third-order valence-electron chi connectivity index (χ3n) is 3.20. The second-order valence-corrected chi connectivity index (χ2v) is 6.20. The van der Waals surface area contributed by atoms with E-state index < -0.39 is 6.04 Å². The number of amides is 1. The normalized spacial score (nSPS) is 13.6. The highest BCUT2D eigenvalue weighted by molar-refractivity contribution is 7.09. The fourth-order valence-electron chi connectivity index (χ4n) is 2.11. The molecule has 21 heavy (non-hydrogen) atoms. The number of nitrogens with two attached hydrogens (primary N) is 1. The lowest BCUT2D eigenvalue weighted by Crippen LogP contribution is -2.46. The third-order valence-corrected chi connectivity index (χ3v) is 4.10. The summed E-state index contributed by atoms with van der Waals surface area (Å²) in [6.45, 7) is 1.98. The van der Waals surface area contributed by atoms with Crippen molar-refractivity contribution >= 4 is 17.2 Å². The highest BCUT2D eigenvalue weighted by atomic mass is 32.1. The van der Waals surface area contributed by atoms with E-state index in [0.29, 0.717) is 6.42 Å². The maximum absolute atomic E-state index is 12.1. The van der Waals surface area contributed by atoms with E-state index in [2.05, 4.69) is 11.4 Å². The van der Waals surface area contributed by atoms with Gasteiger partial charge in [-0.05, 0) is 42.5 Å². The van der Waals surface area contributed by atoms with Crippen LogP contribution in [0.4, 0.5) is 0 Å². The Morgan fingerprint density at radius 3 is 2.62 bits per heavy atom. The average Bonchev–Trinajstić information content (AvgIpc) is 2.94. The first-order chi connectivity index (χ1) is 10.0. The Hall–Kier alpha value is -1.85. The molecule has 0 aliphatic rings. The number of aromatic hydroxyl groups is 1. The van der Waals surface area contributed by atoms with E-state index >= 15 is 0 Å². The molecule has 4 N–H and O–H groups in total. The first-order valence-electron chi connectivity index (χ1n) is 6.91. The van der Waals surface area contributed by atoms with Crippen molar-refractivity contribution in [1.29, 1.82) is 0 Å². The zero-order valence-corrected chi connectivity index (χ0v) is 12.8. The molecule has 1 aromatic carbocycles. The summed E-state index contributed by atoms with van der Waals surface area (Å²) in [5, 5.41) is 14.2. The second kappa shape index (κ2) is 7.24.